The molecule has 0 spiro atoms. The summed E-state index contributed by atoms with van der Waals surface area (Å²) in [5, 5.41) is 19.2. The number of carbonyl (C=O) groups excluding carboxylic acids is 3. The number of carbonyl (C=O) groups is 3. The molecule has 0 saturated heterocycles. The molecular formula is C30H25N5O5S. The summed E-state index contributed by atoms with van der Waals surface area (Å²) in [6.45, 7) is 1.75. The van der Waals surface area contributed by atoms with Crippen LogP contribution in [0, 0.1) is 17.0 Å². The first-order valence-corrected chi connectivity index (χ1v) is 13.3. The molecule has 1 aromatic heterocycles. The Labute approximate surface area is 240 Å². The molecule has 0 aliphatic heterocycles. The number of hydrogen-bond acceptors (Lipinski definition) is 7. The second kappa shape index (κ2) is 13.7. The van der Waals surface area contributed by atoms with Crippen LogP contribution in [0.1, 0.15) is 21.5 Å². The lowest BCUT2D eigenvalue weighted by atomic mass is 10.2. The highest BCUT2D eigenvalue weighted by molar-refractivity contribution is 8.00. The Bertz CT molecular complexity index is 1590. The molecule has 0 unspecified atom stereocenters. The molecular weight excluding hydrogens is 542 g/mol. The lowest BCUT2D eigenvalue weighted by Crippen LogP contribution is -2.30. The van der Waals surface area contributed by atoms with Gasteiger partial charge in [-0.15, -0.1) is 11.8 Å². The van der Waals surface area contributed by atoms with Crippen LogP contribution in [0.3, 0.4) is 0 Å². The lowest BCUT2D eigenvalue weighted by molar-refractivity contribution is -0.384. The number of hydrogen-bond donors (Lipinski definition) is 3. The van der Waals surface area contributed by atoms with Crippen molar-refractivity contribution < 1.29 is 19.3 Å². The van der Waals surface area contributed by atoms with E-state index < -0.39 is 16.7 Å². The number of thioether (sulfide) groups is 1. The third kappa shape index (κ3) is 8.35. The normalized spacial score (nSPS) is 10.9. The van der Waals surface area contributed by atoms with Gasteiger partial charge < -0.3 is 16.0 Å². The number of nitro benzene ring substituents is 1. The van der Waals surface area contributed by atoms with E-state index in [9.17, 15) is 24.5 Å². The number of rotatable bonds is 10. The van der Waals surface area contributed by atoms with E-state index in [1.165, 1.54) is 30.0 Å². The van der Waals surface area contributed by atoms with Crippen molar-refractivity contribution in [2.24, 2.45) is 0 Å². The first-order chi connectivity index (χ1) is 19.8. The number of benzene rings is 3. The highest BCUT2D eigenvalue weighted by atomic mass is 32.2. The summed E-state index contributed by atoms with van der Waals surface area (Å²) in [7, 11) is 0. The van der Waals surface area contributed by atoms with E-state index in [1.807, 2.05) is 0 Å². The molecule has 0 radical (unpaired) electrons. The number of pyridine rings is 1. The minimum atomic E-state index is -0.523. The van der Waals surface area contributed by atoms with E-state index >= 15 is 0 Å². The van der Waals surface area contributed by atoms with Crippen molar-refractivity contribution in [1.82, 2.24) is 10.3 Å². The predicted molar refractivity (Wildman–Crippen MR) is 158 cm³/mol. The zero-order valence-electron chi connectivity index (χ0n) is 21.9. The molecule has 11 heteroatoms. The van der Waals surface area contributed by atoms with E-state index in [0.717, 1.165) is 4.90 Å². The second-order valence-electron chi connectivity index (χ2n) is 8.74. The number of nitrogens with zero attached hydrogens (tertiary/aromatic N) is 2. The van der Waals surface area contributed by atoms with Gasteiger partial charge in [-0.1, -0.05) is 30.3 Å². The maximum absolute atomic E-state index is 13.1. The van der Waals surface area contributed by atoms with Crippen LogP contribution >= 0.6 is 11.8 Å². The van der Waals surface area contributed by atoms with Crippen LogP contribution in [0.2, 0.25) is 0 Å². The van der Waals surface area contributed by atoms with E-state index in [4.69, 9.17) is 0 Å². The molecule has 10 nitrogen and oxygen atoms in total. The van der Waals surface area contributed by atoms with Gasteiger partial charge in [0.05, 0.1) is 16.4 Å². The van der Waals surface area contributed by atoms with Crippen LogP contribution < -0.4 is 16.0 Å². The Morgan fingerprint density at radius 2 is 1.71 bits per heavy atom. The van der Waals surface area contributed by atoms with E-state index in [1.54, 1.807) is 92.1 Å². The SMILES string of the molecule is Cc1ccc([N+](=O)[O-])cc1NC(=O)CSc1ccc(NC(=O)/C(=C/c2cccnc2)NC(=O)c2ccccc2)cc1. The van der Waals surface area contributed by atoms with Crippen molar-refractivity contribution in [3.8, 4) is 0 Å². The van der Waals surface area contributed by atoms with Gasteiger partial charge in [-0.2, -0.15) is 0 Å². The lowest BCUT2D eigenvalue weighted by Gasteiger charge is -2.12. The molecule has 3 amide bonds. The summed E-state index contributed by atoms with van der Waals surface area (Å²) < 4.78 is 0. The fraction of sp³-hybridized carbons (Fsp3) is 0.0667. The Balaban J connectivity index is 1.38. The van der Waals surface area contributed by atoms with Gasteiger partial charge in [0.15, 0.2) is 0 Å². The monoisotopic (exact) mass is 567 g/mol. The Hall–Kier alpha value is -5.29. The van der Waals surface area contributed by atoms with Crippen molar-refractivity contribution in [1.29, 1.82) is 0 Å². The third-order valence-electron chi connectivity index (χ3n) is 5.71. The van der Waals surface area contributed by atoms with Gasteiger partial charge in [0.25, 0.3) is 17.5 Å². The molecule has 0 aliphatic rings. The predicted octanol–water partition coefficient (Wildman–Crippen LogP) is 5.44. The van der Waals surface area contributed by atoms with Crippen LogP contribution in [0.15, 0.2) is 108 Å². The average molecular weight is 568 g/mol. The molecule has 206 valence electrons. The van der Waals surface area contributed by atoms with Crippen molar-refractivity contribution in [3.63, 3.8) is 0 Å². The fourth-order valence-corrected chi connectivity index (χ4v) is 4.30. The number of aromatic nitrogens is 1. The van der Waals surface area contributed by atoms with Crippen LogP contribution in [-0.2, 0) is 9.59 Å². The second-order valence-corrected chi connectivity index (χ2v) is 9.78. The number of anilines is 2. The standard InChI is InChI=1S/C30H25N5O5S/c1-20-9-12-24(35(39)40)17-26(20)33-28(36)19-41-25-13-10-23(11-14-25)32-30(38)27(16-21-6-5-15-31-18-21)34-29(37)22-7-3-2-4-8-22/h2-18H,19H2,1H3,(H,32,38)(H,33,36)(H,34,37)/b27-16-. The van der Waals surface area contributed by atoms with E-state index in [2.05, 4.69) is 20.9 Å². The highest BCUT2D eigenvalue weighted by Crippen LogP contribution is 2.24. The summed E-state index contributed by atoms with van der Waals surface area (Å²) in [5.74, 6) is -1.18. The minimum absolute atomic E-state index is 0.0402. The van der Waals surface area contributed by atoms with Gasteiger partial charge in [-0.25, -0.2) is 0 Å². The smallest absolute Gasteiger partial charge is 0.272 e. The number of amides is 3. The Kier molecular flexibility index (Phi) is 9.57. The van der Waals surface area contributed by atoms with Crippen molar-refractivity contribution >= 4 is 52.6 Å². The molecule has 0 fully saturated rings. The number of aryl methyl sites for hydroxylation is 1. The van der Waals surface area contributed by atoms with Gasteiger partial charge in [-0.3, -0.25) is 29.5 Å². The molecule has 41 heavy (non-hydrogen) atoms. The van der Waals surface area contributed by atoms with Crippen molar-refractivity contribution in [3.05, 3.63) is 130 Å². The molecule has 0 aliphatic carbocycles. The number of nitrogens with one attached hydrogen (secondary N) is 3. The quantitative estimate of drug-likeness (QED) is 0.100. The highest BCUT2D eigenvalue weighted by Gasteiger charge is 2.16. The number of nitro groups is 1. The molecule has 1 heterocycles. The van der Waals surface area contributed by atoms with Crippen molar-refractivity contribution in [2.45, 2.75) is 11.8 Å². The Morgan fingerprint density at radius 3 is 2.39 bits per heavy atom. The summed E-state index contributed by atoms with van der Waals surface area (Å²) in [6, 6.07) is 23.2. The van der Waals surface area contributed by atoms with E-state index in [-0.39, 0.29) is 23.0 Å². The van der Waals surface area contributed by atoms with Gasteiger partial charge in [0.2, 0.25) is 5.91 Å². The van der Waals surface area contributed by atoms with Gasteiger partial charge in [0, 0.05) is 40.7 Å². The molecule has 0 saturated carbocycles. The first kappa shape index (κ1) is 28.7. The summed E-state index contributed by atoms with van der Waals surface area (Å²) in [4.78, 5) is 53.6. The van der Waals surface area contributed by atoms with Crippen LogP contribution in [0.5, 0.6) is 0 Å². The fourth-order valence-electron chi connectivity index (χ4n) is 3.60. The summed E-state index contributed by atoms with van der Waals surface area (Å²) in [6.07, 6.45) is 4.72. The molecule has 0 atom stereocenters. The summed E-state index contributed by atoms with van der Waals surface area (Å²) >= 11 is 1.27. The zero-order chi connectivity index (χ0) is 29.2. The molecule has 3 aromatic carbocycles. The van der Waals surface area contributed by atoms with Gasteiger partial charge in [0.1, 0.15) is 5.70 Å². The minimum Gasteiger partial charge on any atom is -0.325 e. The first-order valence-electron chi connectivity index (χ1n) is 12.4. The number of non-ortho nitro benzene ring substituents is 1. The molecule has 0 bridgehead atoms. The maximum Gasteiger partial charge on any atom is 0.272 e. The van der Waals surface area contributed by atoms with Gasteiger partial charge >= 0.3 is 0 Å². The zero-order valence-corrected chi connectivity index (χ0v) is 22.7. The topological polar surface area (TPSA) is 143 Å². The molecule has 4 rings (SSSR count). The average Bonchev–Trinajstić information content (AvgIpc) is 2.98. The largest absolute Gasteiger partial charge is 0.325 e. The third-order valence-corrected chi connectivity index (χ3v) is 6.72. The summed E-state index contributed by atoms with van der Waals surface area (Å²) in [5.41, 5.74) is 2.57. The van der Waals surface area contributed by atoms with Crippen LogP contribution in [0.25, 0.3) is 6.08 Å². The van der Waals surface area contributed by atoms with Crippen molar-refractivity contribution in [2.75, 3.05) is 16.4 Å². The maximum atomic E-state index is 13.1. The Morgan fingerprint density at radius 1 is 0.951 bits per heavy atom. The van der Waals surface area contributed by atoms with Crippen LogP contribution in [-0.4, -0.2) is 33.4 Å². The van der Waals surface area contributed by atoms with E-state index in [0.29, 0.717) is 28.1 Å². The molecule has 3 N–H and O–H groups in total. The van der Waals surface area contributed by atoms with Gasteiger partial charge in [-0.05, 0) is 66.6 Å². The van der Waals surface area contributed by atoms with Crippen LogP contribution in [0.4, 0.5) is 17.1 Å². The molecule has 4 aromatic rings.